The maximum atomic E-state index is 13.6. The van der Waals surface area contributed by atoms with Crippen molar-refractivity contribution in [2.24, 2.45) is 0 Å². The van der Waals surface area contributed by atoms with E-state index in [1.54, 1.807) is 4.90 Å². The fourth-order valence-corrected chi connectivity index (χ4v) is 4.08. The number of carbonyl (C=O) groups is 2. The zero-order chi connectivity index (χ0) is 25.8. The predicted molar refractivity (Wildman–Crippen MR) is 145 cm³/mol. The highest BCUT2D eigenvalue weighted by Crippen LogP contribution is 2.18. The SMILES string of the molecule is CC[C@@H](C)NC(=O)[C@@H](Cc1ccccc1)N(Cc1cccc(C)c1)C(=O)CCCOc1ccccc1. The van der Waals surface area contributed by atoms with Crippen molar-refractivity contribution in [3.8, 4) is 5.75 Å². The number of ether oxygens (including phenoxy) is 1. The minimum Gasteiger partial charge on any atom is -0.494 e. The zero-order valence-corrected chi connectivity index (χ0v) is 21.7. The second-order valence-electron chi connectivity index (χ2n) is 9.30. The van der Waals surface area contributed by atoms with Crippen LogP contribution in [-0.4, -0.2) is 35.4 Å². The highest BCUT2D eigenvalue weighted by Gasteiger charge is 2.30. The second kappa shape index (κ2) is 14.1. The molecule has 3 rings (SSSR count). The first-order chi connectivity index (χ1) is 17.5. The van der Waals surface area contributed by atoms with Gasteiger partial charge in [0.1, 0.15) is 11.8 Å². The minimum atomic E-state index is -0.607. The monoisotopic (exact) mass is 486 g/mol. The molecular weight excluding hydrogens is 448 g/mol. The molecule has 2 amide bonds. The first kappa shape index (κ1) is 27.0. The molecule has 0 heterocycles. The van der Waals surface area contributed by atoms with Gasteiger partial charge in [0.25, 0.3) is 0 Å². The Kier molecular flexibility index (Phi) is 10.6. The molecule has 0 bridgehead atoms. The van der Waals surface area contributed by atoms with Crippen molar-refractivity contribution in [3.63, 3.8) is 0 Å². The second-order valence-corrected chi connectivity index (χ2v) is 9.30. The third-order valence-electron chi connectivity index (χ3n) is 6.25. The molecule has 0 aliphatic carbocycles. The smallest absolute Gasteiger partial charge is 0.243 e. The molecule has 0 saturated carbocycles. The van der Waals surface area contributed by atoms with Crippen molar-refractivity contribution in [1.29, 1.82) is 0 Å². The molecule has 2 atom stereocenters. The molecule has 1 N–H and O–H groups in total. The molecule has 190 valence electrons. The number of aryl methyl sites for hydroxylation is 1. The highest BCUT2D eigenvalue weighted by atomic mass is 16.5. The van der Waals surface area contributed by atoms with Crippen molar-refractivity contribution in [3.05, 3.63) is 102 Å². The molecule has 0 saturated heterocycles. The quantitative estimate of drug-likeness (QED) is 0.315. The van der Waals surface area contributed by atoms with Crippen LogP contribution in [0.1, 0.15) is 49.8 Å². The van der Waals surface area contributed by atoms with E-state index in [-0.39, 0.29) is 17.9 Å². The molecule has 0 aromatic heterocycles. The number of amides is 2. The Hall–Kier alpha value is -3.60. The van der Waals surface area contributed by atoms with Crippen LogP contribution >= 0.6 is 0 Å². The lowest BCUT2D eigenvalue weighted by atomic mass is 10.0. The van der Waals surface area contributed by atoms with Gasteiger partial charge in [0.05, 0.1) is 6.61 Å². The molecule has 0 aliphatic heterocycles. The van der Waals surface area contributed by atoms with E-state index < -0.39 is 6.04 Å². The van der Waals surface area contributed by atoms with Crippen LogP contribution in [0.2, 0.25) is 0 Å². The van der Waals surface area contributed by atoms with Gasteiger partial charge in [-0.2, -0.15) is 0 Å². The fraction of sp³-hybridized carbons (Fsp3) is 0.355. The lowest BCUT2D eigenvalue weighted by molar-refractivity contribution is -0.141. The van der Waals surface area contributed by atoms with E-state index >= 15 is 0 Å². The van der Waals surface area contributed by atoms with Crippen LogP contribution in [0.3, 0.4) is 0 Å². The Labute approximate surface area is 215 Å². The number of hydrogen-bond donors (Lipinski definition) is 1. The summed E-state index contributed by atoms with van der Waals surface area (Å²) in [5.74, 6) is 0.625. The molecule has 0 unspecified atom stereocenters. The molecule has 3 aromatic rings. The normalized spacial score (nSPS) is 12.4. The average molecular weight is 487 g/mol. The van der Waals surface area contributed by atoms with E-state index in [0.717, 1.165) is 28.9 Å². The largest absolute Gasteiger partial charge is 0.494 e. The number of para-hydroxylation sites is 1. The van der Waals surface area contributed by atoms with Crippen molar-refractivity contribution in [2.75, 3.05) is 6.61 Å². The molecule has 3 aromatic carbocycles. The molecular formula is C31H38N2O3. The number of nitrogens with zero attached hydrogens (tertiary/aromatic N) is 1. The zero-order valence-electron chi connectivity index (χ0n) is 21.7. The van der Waals surface area contributed by atoms with Crippen molar-refractivity contribution >= 4 is 11.8 Å². The molecule has 0 spiro atoms. The predicted octanol–water partition coefficient (Wildman–Crippen LogP) is 5.71. The van der Waals surface area contributed by atoms with Gasteiger partial charge in [-0.3, -0.25) is 9.59 Å². The van der Waals surface area contributed by atoms with Gasteiger partial charge in [-0.25, -0.2) is 0 Å². The standard InChI is InChI=1S/C31H38N2O3/c1-4-25(3)32-31(35)29(22-26-14-7-5-8-15-26)33(23-27-16-11-13-24(2)21-27)30(34)19-12-20-36-28-17-9-6-10-18-28/h5-11,13-18,21,25,29H,4,12,19-20,22-23H2,1-3H3,(H,32,35)/t25-,29-/m1/s1. The van der Waals surface area contributed by atoms with E-state index in [9.17, 15) is 9.59 Å². The van der Waals surface area contributed by atoms with E-state index in [2.05, 4.69) is 11.4 Å². The first-order valence-corrected chi connectivity index (χ1v) is 12.8. The van der Waals surface area contributed by atoms with E-state index in [4.69, 9.17) is 4.74 Å². The van der Waals surface area contributed by atoms with Crippen molar-refractivity contribution < 1.29 is 14.3 Å². The molecule has 5 nitrogen and oxygen atoms in total. The molecule has 36 heavy (non-hydrogen) atoms. The third-order valence-corrected chi connectivity index (χ3v) is 6.25. The van der Waals surface area contributed by atoms with Crippen LogP contribution in [0.5, 0.6) is 5.75 Å². The van der Waals surface area contributed by atoms with Gasteiger partial charge < -0.3 is 15.0 Å². The van der Waals surface area contributed by atoms with Gasteiger partial charge in [0, 0.05) is 25.4 Å². The van der Waals surface area contributed by atoms with Crippen molar-refractivity contribution in [1.82, 2.24) is 10.2 Å². The van der Waals surface area contributed by atoms with Gasteiger partial charge in [-0.1, -0.05) is 85.3 Å². The first-order valence-electron chi connectivity index (χ1n) is 12.8. The van der Waals surface area contributed by atoms with Gasteiger partial charge in [0.2, 0.25) is 11.8 Å². The summed E-state index contributed by atoms with van der Waals surface area (Å²) >= 11 is 0. The average Bonchev–Trinajstić information content (AvgIpc) is 2.89. The Balaban J connectivity index is 1.80. The summed E-state index contributed by atoms with van der Waals surface area (Å²) < 4.78 is 5.79. The lowest BCUT2D eigenvalue weighted by Gasteiger charge is -2.32. The van der Waals surface area contributed by atoms with Crippen LogP contribution in [0, 0.1) is 6.92 Å². The summed E-state index contributed by atoms with van der Waals surface area (Å²) in [7, 11) is 0. The Morgan fingerprint density at radius 2 is 1.58 bits per heavy atom. The van der Waals surface area contributed by atoms with Crippen LogP contribution in [0.25, 0.3) is 0 Å². The Bertz CT molecular complexity index is 1090. The summed E-state index contributed by atoms with van der Waals surface area (Å²) in [4.78, 5) is 28.9. The summed E-state index contributed by atoms with van der Waals surface area (Å²) in [5, 5.41) is 3.11. The van der Waals surface area contributed by atoms with Gasteiger partial charge in [0.15, 0.2) is 0 Å². The van der Waals surface area contributed by atoms with Crippen LogP contribution in [-0.2, 0) is 22.6 Å². The number of hydrogen-bond acceptors (Lipinski definition) is 3. The molecule has 0 radical (unpaired) electrons. The molecule has 0 fully saturated rings. The number of rotatable bonds is 13. The van der Waals surface area contributed by atoms with Gasteiger partial charge in [-0.05, 0) is 49.9 Å². The topological polar surface area (TPSA) is 58.6 Å². The third kappa shape index (κ3) is 8.56. The van der Waals surface area contributed by atoms with Gasteiger partial charge in [-0.15, -0.1) is 0 Å². The summed E-state index contributed by atoms with van der Waals surface area (Å²) in [5.41, 5.74) is 3.16. The van der Waals surface area contributed by atoms with Gasteiger partial charge >= 0.3 is 0 Å². The van der Waals surface area contributed by atoms with E-state index in [0.29, 0.717) is 32.4 Å². The van der Waals surface area contributed by atoms with Crippen molar-refractivity contribution in [2.45, 2.75) is 65.1 Å². The maximum Gasteiger partial charge on any atom is 0.243 e. The highest BCUT2D eigenvalue weighted by molar-refractivity contribution is 5.88. The van der Waals surface area contributed by atoms with Crippen LogP contribution in [0.4, 0.5) is 0 Å². The molecule has 5 heteroatoms. The number of benzene rings is 3. The van der Waals surface area contributed by atoms with E-state index in [1.165, 1.54) is 0 Å². The number of carbonyl (C=O) groups excluding carboxylic acids is 2. The van der Waals surface area contributed by atoms with E-state index in [1.807, 2.05) is 99.6 Å². The lowest BCUT2D eigenvalue weighted by Crippen LogP contribution is -2.52. The Morgan fingerprint density at radius 1 is 0.917 bits per heavy atom. The van der Waals surface area contributed by atoms with Crippen LogP contribution in [0.15, 0.2) is 84.9 Å². The van der Waals surface area contributed by atoms with Crippen LogP contribution < -0.4 is 10.1 Å². The summed E-state index contributed by atoms with van der Waals surface area (Å²) in [6.07, 6.45) is 2.16. The minimum absolute atomic E-state index is 0.0333. The molecule has 0 aliphatic rings. The fourth-order valence-electron chi connectivity index (χ4n) is 4.08. The Morgan fingerprint density at radius 3 is 2.25 bits per heavy atom. The summed E-state index contributed by atoms with van der Waals surface area (Å²) in [6, 6.07) is 27.0. The maximum absolute atomic E-state index is 13.6. The number of nitrogens with one attached hydrogen (secondary N) is 1. The summed E-state index contributed by atoms with van der Waals surface area (Å²) in [6.45, 7) is 6.89.